The SMILES string of the molecule is O=C1CC2(CO1)CC1CC2CC1OS(=O)(=O)[N-]S(=O)(=O)C(F)(F)F. The van der Waals surface area contributed by atoms with Gasteiger partial charge in [0, 0.05) is 5.41 Å². The second-order valence-corrected chi connectivity index (χ2v) is 9.45. The number of carbonyl (C=O) groups is 1. The monoisotopic (exact) mass is 392 g/mol. The number of alkyl halides is 3. The van der Waals surface area contributed by atoms with Gasteiger partial charge in [-0.05, 0) is 31.1 Å². The van der Waals surface area contributed by atoms with Crippen LogP contribution < -0.4 is 0 Å². The molecule has 4 unspecified atom stereocenters. The average Bonchev–Trinajstić information content (AvgIpc) is 3.01. The van der Waals surface area contributed by atoms with Crippen molar-refractivity contribution in [1.29, 1.82) is 0 Å². The van der Waals surface area contributed by atoms with Crippen LogP contribution in [0, 0.1) is 17.3 Å². The van der Waals surface area contributed by atoms with E-state index < -0.39 is 31.9 Å². The molecule has 138 valence electrons. The van der Waals surface area contributed by atoms with Crippen molar-refractivity contribution >= 4 is 26.3 Å². The van der Waals surface area contributed by atoms with Crippen LogP contribution >= 0.6 is 0 Å². The molecule has 1 aliphatic heterocycles. The van der Waals surface area contributed by atoms with Gasteiger partial charge in [-0.3, -0.25) is 8.98 Å². The Bertz CT molecular complexity index is 763. The molecule has 0 aromatic rings. The summed E-state index contributed by atoms with van der Waals surface area (Å²) in [6, 6.07) is 0. The number of cyclic esters (lactones) is 1. The summed E-state index contributed by atoms with van der Waals surface area (Å²) in [4.78, 5) is 11.3. The average molecular weight is 392 g/mol. The van der Waals surface area contributed by atoms with Gasteiger partial charge in [-0.15, -0.1) is 0 Å². The number of rotatable bonds is 4. The number of fused-ring (bicyclic) bond motifs is 3. The first-order valence-corrected chi connectivity index (χ1v) is 9.78. The quantitative estimate of drug-likeness (QED) is 0.660. The van der Waals surface area contributed by atoms with Crippen molar-refractivity contribution in [1.82, 2.24) is 0 Å². The van der Waals surface area contributed by atoms with Crippen molar-refractivity contribution in [2.24, 2.45) is 17.3 Å². The minimum Gasteiger partial charge on any atom is -0.465 e. The van der Waals surface area contributed by atoms with Crippen LogP contribution in [-0.4, -0.2) is 41.0 Å². The number of carbonyl (C=O) groups excluding carboxylic acids is 1. The Kier molecular flexibility index (Phi) is 3.94. The van der Waals surface area contributed by atoms with E-state index >= 15 is 0 Å². The second-order valence-electron chi connectivity index (χ2n) is 6.39. The number of halogens is 3. The molecular formula is C11H13F3NO7S2-. The number of hydrogen-bond donors (Lipinski definition) is 0. The number of hydrogen-bond acceptors (Lipinski definition) is 7. The lowest BCUT2D eigenvalue weighted by Gasteiger charge is -2.35. The van der Waals surface area contributed by atoms with E-state index in [1.54, 1.807) is 0 Å². The topological polar surface area (TPSA) is 118 Å². The Hall–Kier alpha value is -0.920. The van der Waals surface area contributed by atoms with Crippen molar-refractivity contribution in [3.05, 3.63) is 4.13 Å². The first kappa shape index (κ1) is 17.9. The number of ether oxygens (including phenoxy) is 1. The van der Waals surface area contributed by atoms with Gasteiger partial charge in [-0.2, -0.15) is 13.2 Å². The standard InChI is InChI=1S/C11H13F3NO7S2/c12-11(13,14)23(17,18)15-24(19,20)22-8-2-7-1-6(8)3-10(7)4-9(16)21-5-10/h6-8H,1-5H2/q-1. The van der Waals surface area contributed by atoms with Gasteiger partial charge in [0.15, 0.2) is 10.0 Å². The third kappa shape index (κ3) is 3.02. The van der Waals surface area contributed by atoms with E-state index in [4.69, 9.17) is 4.74 Å². The Morgan fingerprint density at radius 3 is 2.33 bits per heavy atom. The molecule has 0 radical (unpaired) electrons. The minimum atomic E-state index is -6.19. The normalized spacial score (nSPS) is 36.5. The Balaban J connectivity index is 1.66. The maximum atomic E-state index is 12.2. The molecule has 4 atom stereocenters. The fraction of sp³-hybridized carbons (Fsp3) is 0.909. The molecule has 8 nitrogen and oxygen atoms in total. The van der Waals surface area contributed by atoms with Crippen molar-refractivity contribution in [2.75, 3.05) is 6.61 Å². The molecule has 13 heteroatoms. The van der Waals surface area contributed by atoms with Crippen molar-refractivity contribution in [2.45, 2.75) is 37.3 Å². The first-order valence-electron chi connectivity index (χ1n) is 6.98. The summed E-state index contributed by atoms with van der Waals surface area (Å²) in [7, 11) is -11.4. The Labute approximate surface area is 136 Å². The van der Waals surface area contributed by atoms with Crippen molar-refractivity contribution in [3.8, 4) is 0 Å². The van der Waals surface area contributed by atoms with Crippen LogP contribution in [0.4, 0.5) is 13.2 Å². The van der Waals surface area contributed by atoms with Gasteiger partial charge in [0.05, 0.1) is 19.1 Å². The summed E-state index contributed by atoms with van der Waals surface area (Å²) in [5, 5.41) is 0. The zero-order valence-corrected chi connectivity index (χ0v) is 13.7. The molecule has 1 spiro atoms. The largest absolute Gasteiger partial charge is 0.480 e. The zero-order valence-electron chi connectivity index (χ0n) is 12.0. The van der Waals surface area contributed by atoms with Crippen LogP contribution in [-0.2, 0) is 34.0 Å². The number of esters is 1. The van der Waals surface area contributed by atoms with Gasteiger partial charge in [-0.1, -0.05) is 0 Å². The molecule has 0 aromatic carbocycles. The van der Waals surface area contributed by atoms with Crippen LogP contribution in [0.25, 0.3) is 4.13 Å². The molecule has 2 bridgehead atoms. The molecule has 2 aliphatic carbocycles. The Morgan fingerprint density at radius 2 is 1.88 bits per heavy atom. The van der Waals surface area contributed by atoms with Gasteiger partial charge in [0.2, 0.25) is 10.3 Å². The second kappa shape index (κ2) is 5.29. The van der Waals surface area contributed by atoms with Crippen LogP contribution in [0.1, 0.15) is 25.7 Å². The minimum absolute atomic E-state index is 0.0617. The fourth-order valence-electron chi connectivity index (χ4n) is 3.95. The third-order valence-corrected chi connectivity index (χ3v) is 7.50. The summed E-state index contributed by atoms with van der Waals surface area (Å²) < 4.78 is 92.8. The van der Waals surface area contributed by atoms with Crippen LogP contribution in [0.15, 0.2) is 0 Å². The highest BCUT2D eigenvalue weighted by Crippen LogP contribution is 2.60. The van der Waals surface area contributed by atoms with Crippen molar-refractivity contribution < 1.29 is 43.7 Å². The van der Waals surface area contributed by atoms with E-state index in [9.17, 15) is 34.8 Å². The molecule has 0 N–H and O–H groups in total. The van der Waals surface area contributed by atoms with E-state index in [2.05, 4.69) is 4.18 Å². The lowest BCUT2D eigenvalue weighted by molar-refractivity contribution is -0.137. The van der Waals surface area contributed by atoms with Crippen LogP contribution in [0.5, 0.6) is 0 Å². The van der Waals surface area contributed by atoms with E-state index in [0.717, 1.165) is 0 Å². The van der Waals surface area contributed by atoms with E-state index in [1.807, 2.05) is 4.13 Å². The molecule has 2 saturated carbocycles. The van der Waals surface area contributed by atoms with Gasteiger partial charge < -0.3 is 8.86 Å². The summed E-state index contributed by atoms with van der Waals surface area (Å²) in [6.45, 7) is 0.235. The van der Waals surface area contributed by atoms with E-state index in [0.29, 0.717) is 12.8 Å². The van der Waals surface area contributed by atoms with Gasteiger partial charge in [-0.25, -0.2) is 16.8 Å². The van der Waals surface area contributed by atoms with Gasteiger partial charge in [0.1, 0.15) is 0 Å². The molecule has 3 aliphatic rings. The maximum Gasteiger partial charge on any atom is 0.480 e. The summed E-state index contributed by atoms with van der Waals surface area (Å²) in [5.74, 6) is -0.699. The fourth-order valence-corrected chi connectivity index (χ4v) is 5.94. The van der Waals surface area contributed by atoms with E-state index in [1.165, 1.54) is 0 Å². The lowest BCUT2D eigenvalue weighted by Crippen LogP contribution is -2.35. The molecular weight excluding hydrogens is 379 g/mol. The predicted octanol–water partition coefficient (Wildman–Crippen LogP) is 1.20. The summed E-state index contributed by atoms with van der Waals surface area (Å²) >= 11 is 0. The smallest absolute Gasteiger partial charge is 0.465 e. The summed E-state index contributed by atoms with van der Waals surface area (Å²) in [5.41, 5.74) is -6.19. The van der Waals surface area contributed by atoms with Crippen LogP contribution in [0.2, 0.25) is 0 Å². The number of nitrogens with zero attached hydrogens (tertiary/aromatic N) is 1. The van der Waals surface area contributed by atoms with E-state index in [-0.39, 0.29) is 42.7 Å². The highest BCUT2D eigenvalue weighted by molar-refractivity contribution is 8.10. The Morgan fingerprint density at radius 1 is 1.21 bits per heavy atom. The molecule has 0 aromatic heterocycles. The third-order valence-electron chi connectivity index (χ3n) is 4.91. The molecule has 1 saturated heterocycles. The first-order chi connectivity index (χ1) is 10.8. The molecule has 3 fully saturated rings. The molecule has 1 heterocycles. The lowest BCUT2D eigenvalue weighted by atomic mass is 9.72. The molecule has 24 heavy (non-hydrogen) atoms. The highest BCUT2D eigenvalue weighted by Gasteiger charge is 2.59. The van der Waals surface area contributed by atoms with Gasteiger partial charge >= 0.3 is 11.5 Å². The van der Waals surface area contributed by atoms with Gasteiger partial charge in [0.25, 0.3) is 0 Å². The number of sulfonamides is 1. The van der Waals surface area contributed by atoms with Crippen molar-refractivity contribution in [3.63, 3.8) is 0 Å². The summed E-state index contributed by atoms with van der Waals surface area (Å²) in [6.07, 6.45) is 0.453. The van der Waals surface area contributed by atoms with Crippen LogP contribution in [0.3, 0.4) is 0 Å². The highest BCUT2D eigenvalue weighted by atomic mass is 32.3. The predicted molar refractivity (Wildman–Crippen MR) is 71.0 cm³/mol. The molecule has 3 rings (SSSR count). The maximum absolute atomic E-state index is 12.2. The zero-order chi connectivity index (χ0) is 18.0. The molecule has 0 amide bonds.